The van der Waals surface area contributed by atoms with E-state index in [-0.39, 0.29) is 23.1 Å². The number of nitrogens with one attached hydrogen (secondary N) is 1. The van der Waals surface area contributed by atoms with E-state index in [9.17, 15) is 9.59 Å². The molecule has 0 spiro atoms. The smallest absolute Gasteiger partial charge is 0.267 e. The molecule has 1 saturated carbocycles. The van der Waals surface area contributed by atoms with Gasteiger partial charge in [0.05, 0.1) is 21.8 Å². The molecule has 4 aromatic heterocycles. The van der Waals surface area contributed by atoms with E-state index in [0.717, 1.165) is 12.8 Å². The fourth-order valence-corrected chi connectivity index (χ4v) is 3.19. The molecule has 4 aromatic rings. The van der Waals surface area contributed by atoms with Crippen molar-refractivity contribution in [2.45, 2.75) is 32.2 Å². The molecule has 0 unspecified atom stereocenters. The molecule has 0 atom stereocenters. The minimum absolute atomic E-state index is 0.0969. The summed E-state index contributed by atoms with van der Waals surface area (Å²) >= 11 is 0. The van der Waals surface area contributed by atoms with Gasteiger partial charge in [0.1, 0.15) is 5.82 Å². The lowest BCUT2D eigenvalue weighted by atomic mass is 10.2. The highest BCUT2D eigenvalue weighted by Crippen LogP contribution is 2.33. The minimum Gasteiger partial charge on any atom is -0.312 e. The van der Waals surface area contributed by atoms with Gasteiger partial charge in [-0.3, -0.25) is 14.7 Å². The monoisotopic (exact) mass is 348 g/mol. The fraction of sp³-hybridized carbons (Fsp3) is 0.278. The summed E-state index contributed by atoms with van der Waals surface area (Å²) in [4.78, 5) is 34.5. The summed E-state index contributed by atoms with van der Waals surface area (Å²) in [6.07, 6.45) is 6.13. The number of aromatic amines is 1. The molecular weight excluding hydrogens is 332 g/mol. The molecule has 26 heavy (non-hydrogen) atoms. The third-order valence-electron chi connectivity index (χ3n) is 4.78. The Bertz CT molecular complexity index is 1280. The number of rotatable bonds is 3. The van der Waals surface area contributed by atoms with Gasteiger partial charge in [-0.15, -0.1) is 5.10 Å². The third-order valence-corrected chi connectivity index (χ3v) is 4.78. The van der Waals surface area contributed by atoms with E-state index >= 15 is 0 Å². The second kappa shape index (κ2) is 5.35. The number of nitrogens with zero attached hydrogens (tertiary/aromatic N) is 5. The molecule has 0 bridgehead atoms. The average molecular weight is 348 g/mol. The average Bonchev–Trinajstić information content (AvgIpc) is 3.38. The van der Waals surface area contributed by atoms with Crippen LogP contribution in [0.25, 0.3) is 27.8 Å². The number of H-pyrrole nitrogens is 1. The largest absolute Gasteiger partial charge is 0.312 e. The van der Waals surface area contributed by atoms with Crippen LogP contribution in [0, 0.1) is 0 Å². The normalized spacial score (nSPS) is 14.3. The summed E-state index contributed by atoms with van der Waals surface area (Å²) < 4.78 is 3.11. The molecule has 0 aromatic carbocycles. The van der Waals surface area contributed by atoms with Crippen LogP contribution in [0.3, 0.4) is 0 Å². The number of aromatic nitrogens is 6. The van der Waals surface area contributed by atoms with E-state index in [1.165, 1.54) is 4.57 Å². The van der Waals surface area contributed by atoms with E-state index in [1.54, 1.807) is 29.1 Å². The Kier molecular flexibility index (Phi) is 3.09. The Morgan fingerprint density at radius 1 is 1.08 bits per heavy atom. The molecule has 1 aliphatic rings. The van der Waals surface area contributed by atoms with Gasteiger partial charge in [0.15, 0.2) is 0 Å². The second-order valence-electron chi connectivity index (χ2n) is 6.54. The number of aryl methyl sites for hydroxylation is 1. The molecule has 8 nitrogen and oxygen atoms in total. The fourth-order valence-electron chi connectivity index (χ4n) is 3.19. The molecule has 4 heterocycles. The van der Waals surface area contributed by atoms with E-state index in [0.29, 0.717) is 34.1 Å². The highest BCUT2D eigenvalue weighted by atomic mass is 16.1. The van der Waals surface area contributed by atoms with Crippen molar-refractivity contribution in [3.05, 3.63) is 57.1 Å². The summed E-state index contributed by atoms with van der Waals surface area (Å²) in [5, 5.41) is 7.74. The highest BCUT2D eigenvalue weighted by Gasteiger charge is 2.25. The summed E-state index contributed by atoms with van der Waals surface area (Å²) in [5.74, 6) is 0.994. The van der Waals surface area contributed by atoms with Gasteiger partial charge in [-0.05, 0) is 31.0 Å². The number of fused-ring (bicyclic) bond motifs is 2. The van der Waals surface area contributed by atoms with Crippen LogP contribution in [-0.4, -0.2) is 29.3 Å². The van der Waals surface area contributed by atoms with Gasteiger partial charge in [-0.2, -0.15) is 4.98 Å². The molecule has 0 aliphatic heterocycles. The van der Waals surface area contributed by atoms with Gasteiger partial charge in [-0.25, -0.2) is 9.55 Å². The first-order chi connectivity index (χ1) is 12.7. The summed E-state index contributed by atoms with van der Waals surface area (Å²) in [5.41, 5.74) is 0.761. The van der Waals surface area contributed by atoms with Crippen LogP contribution >= 0.6 is 0 Å². The second-order valence-corrected chi connectivity index (χ2v) is 6.54. The lowest BCUT2D eigenvalue weighted by Gasteiger charge is -2.07. The molecule has 1 N–H and O–H groups in total. The Labute approximate surface area is 147 Å². The number of hydrogen-bond donors (Lipinski definition) is 1. The number of hydrogen-bond acceptors (Lipinski definition) is 5. The maximum absolute atomic E-state index is 12.9. The summed E-state index contributed by atoms with van der Waals surface area (Å²) in [6.45, 7) is 1.95. The zero-order chi connectivity index (χ0) is 17.8. The Balaban J connectivity index is 1.77. The topological polar surface area (TPSA) is 98.5 Å². The van der Waals surface area contributed by atoms with Crippen LogP contribution in [0.2, 0.25) is 0 Å². The van der Waals surface area contributed by atoms with Crippen LogP contribution in [0.5, 0.6) is 0 Å². The molecule has 5 rings (SSSR count). The lowest BCUT2D eigenvalue weighted by Crippen LogP contribution is -2.21. The van der Waals surface area contributed by atoms with Gasteiger partial charge >= 0.3 is 0 Å². The van der Waals surface area contributed by atoms with Crippen LogP contribution < -0.4 is 11.1 Å². The summed E-state index contributed by atoms with van der Waals surface area (Å²) in [6, 6.07) is 5.49. The van der Waals surface area contributed by atoms with Crippen molar-refractivity contribution < 1.29 is 0 Å². The highest BCUT2D eigenvalue weighted by molar-refractivity contribution is 5.91. The molecule has 0 amide bonds. The molecular formula is C18H16N6O2. The van der Waals surface area contributed by atoms with Crippen LogP contribution in [0.1, 0.15) is 31.6 Å². The SMILES string of the molecule is CCc1nc(-n2ccc3nc4ccn(C5CC5)c(=O)c4cc3c2=O)n[nH]1. The Hall–Kier alpha value is -3.29. The molecule has 0 radical (unpaired) electrons. The van der Waals surface area contributed by atoms with Gasteiger partial charge in [0, 0.05) is 24.9 Å². The van der Waals surface area contributed by atoms with Gasteiger partial charge in [0.25, 0.3) is 17.1 Å². The zero-order valence-corrected chi connectivity index (χ0v) is 14.1. The molecule has 1 aliphatic carbocycles. The van der Waals surface area contributed by atoms with Crippen molar-refractivity contribution in [2.24, 2.45) is 0 Å². The van der Waals surface area contributed by atoms with Gasteiger partial charge in [-0.1, -0.05) is 6.92 Å². The standard InChI is InChI=1S/C18H16N6O2/c1-2-15-20-18(22-21-15)24-8-6-14-12(17(24)26)9-11-13(19-14)5-7-23(16(11)25)10-3-4-10/h5-10H,2-4H2,1H3,(H,20,21,22). The maximum atomic E-state index is 12.9. The van der Waals surface area contributed by atoms with Crippen LogP contribution in [-0.2, 0) is 6.42 Å². The van der Waals surface area contributed by atoms with Crippen molar-refractivity contribution in [3.63, 3.8) is 0 Å². The maximum Gasteiger partial charge on any atom is 0.267 e. The first kappa shape index (κ1) is 15.0. The molecule has 1 fully saturated rings. The number of pyridine rings is 3. The quantitative estimate of drug-likeness (QED) is 0.568. The molecule has 8 heteroatoms. The third kappa shape index (κ3) is 2.18. The van der Waals surface area contributed by atoms with Crippen LogP contribution in [0.4, 0.5) is 0 Å². The Morgan fingerprint density at radius 3 is 2.50 bits per heavy atom. The van der Waals surface area contributed by atoms with E-state index < -0.39 is 0 Å². The van der Waals surface area contributed by atoms with Crippen LogP contribution in [0.15, 0.2) is 40.2 Å². The Morgan fingerprint density at radius 2 is 1.81 bits per heavy atom. The molecule has 130 valence electrons. The van der Waals surface area contributed by atoms with Gasteiger partial charge < -0.3 is 4.57 Å². The summed E-state index contributed by atoms with van der Waals surface area (Å²) in [7, 11) is 0. The van der Waals surface area contributed by atoms with Crippen molar-refractivity contribution in [3.8, 4) is 5.95 Å². The van der Waals surface area contributed by atoms with Crippen molar-refractivity contribution in [1.82, 2.24) is 29.3 Å². The zero-order valence-electron chi connectivity index (χ0n) is 14.1. The van der Waals surface area contributed by atoms with Crippen molar-refractivity contribution in [1.29, 1.82) is 0 Å². The van der Waals surface area contributed by atoms with E-state index in [2.05, 4.69) is 20.2 Å². The minimum atomic E-state index is -0.292. The van der Waals surface area contributed by atoms with Crippen molar-refractivity contribution in [2.75, 3.05) is 0 Å². The predicted molar refractivity (Wildman–Crippen MR) is 96.7 cm³/mol. The predicted octanol–water partition coefficient (Wildman–Crippen LogP) is 1.72. The lowest BCUT2D eigenvalue weighted by molar-refractivity contribution is 0.714. The molecule has 0 saturated heterocycles. The first-order valence-electron chi connectivity index (χ1n) is 8.64. The van der Waals surface area contributed by atoms with Crippen molar-refractivity contribution >= 4 is 21.8 Å². The van der Waals surface area contributed by atoms with Gasteiger partial charge in [0.2, 0.25) is 0 Å². The van der Waals surface area contributed by atoms with E-state index in [4.69, 9.17) is 0 Å². The first-order valence-corrected chi connectivity index (χ1v) is 8.64. The van der Waals surface area contributed by atoms with E-state index in [1.807, 2.05) is 13.0 Å².